The van der Waals surface area contributed by atoms with E-state index < -0.39 is 6.09 Å². The molecule has 2 aromatic heterocycles. The van der Waals surface area contributed by atoms with Crippen LogP contribution < -0.4 is 15.8 Å². The quantitative estimate of drug-likeness (QED) is 0.517. The van der Waals surface area contributed by atoms with Gasteiger partial charge in [-0.3, -0.25) is 4.79 Å². The molecule has 11 nitrogen and oxygen atoms in total. The first kappa shape index (κ1) is 24.0. The molecule has 1 aromatic carbocycles. The van der Waals surface area contributed by atoms with E-state index in [0.717, 1.165) is 24.1 Å². The molecule has 3 heterocycles. The lowest BCUT2D eigenvalue weighted by atomic mass is 10.1. The molecule has 11 heteroatoms. The van der Waals surface area contributed by atoms with Gasteiger partial charge in [-0.15, -0.1) is 0 Å². The first-order valence-electron chi connectivity index (χ1n) is 11.5. The number of anilines is 3. The van der Waals surface area contributed by atoms with Crippen molar-refractivity contribution in [1.82, 2.24) is 29.5 Å². The molecule has 3 N–H and O–H groups in total. The number of nitrogens with zero attached hydrogens (tertiary/aromatic N) is 6. The molecule has 0 aliphatic carbocycles. The number of nitrogens with two attached hydrogens (primary N) is 1. The van der Waals surface area contributed by atoms with Gasteiger partial charge < -0.3 is 25.6 Å². The first-order valence-corrected chi connectivity index (χ1v) is 11.5. The predicted molar refractivity (Wildman–Crippen MR) is 134 cm³/mol. The SMILES string of the molecule is C=CC(=O)N1CCCC(n2nc(Nc3ccc(OC(=O)N(C)C)cc3CC)c3c(N)ncnc32)C1. The topological polar surface area (TPSA) is 132 Å². The van der Waals surface area contributed by atoms with Crippen molar-refractivity contribution in [1.29, 1.82) is 0 Å². The standard InChI is InChI=1S/C24H30N8O3/c1-5-15-12-17(35-24(34)30(3)4)9-10-18(15)28-22-20-21(25)26-14-27-23(20)32(29-22)16-8-7-11-31(13-16)19(33)6-2/h6,9-10,12,14,16H,2,5,7-8,11,13H2,1,3-4H3,(H,28,29)(H2,25,26,27). The third-order valence-corrected chi connectivity index (χ3v) is 6.03. The summed E-state index contributed by atoms with van der Waals surface area (Å²) in [6.45, 7) is 6.81. The highest BCUT2D eigenvalue weighted by atomic mass is 16.6. The van der Waals surface area contributed by atoms with Crippen molar-refractivity contribution in [3.05, 3.63) is 42.7 Å². The number of hydrogen-bond donors (Lipinski definition) is 2. The number of amides is 2. The van der Waals surface area contributed by atoms with Crippen LogP contribution in [-0.4, -0.2) is 68.7 Å². The van der Waals surface area contributed by atoms with Crippen molar-refractivity contribution in [2.75, 3.05) is 38.2 Å². The number of aromatic nitrogens is 4. The lowest BCUT2D eigenvalue weighted by molar-refractivity contribution is -0.127. The third kappa shape index (κ3) is 4.88. The lowest BCUT2D eigenvalue weighted by Crippen LogP contribution is -2.40. The van der Waals surface area contributed by atoms with Gasteiger partial charge in [0.1, 0.15) is 23.3 Å². The second-order valence-electron chi connectivity index (χ2n) is 8.60. The molecular weight excluding hydrogens is 448 g/mol. The fourth-order valence-electron chi connectivity index (χ4n) is 4.19. The molecule has 1 unspecified atom stereocenters. The number of piperidine rings is 1. The zero-order valence-corrected chi connectivity index (χ0v) is 20.2. The molecule has 184 valence electrons. The zero-order chi connectivity index (χ0) is 25.1. The summed E-state index contributed by atoms with van der Waals surface area (Å²) in [7, 11) is 3.26. The number of ether oxygens (including phenoxy) is 1. The fourth-order valence-corrected chi connectivity index (χ4v) is 4.19. The van der Waals surface area contributed by atoms with E-state index in [4.69, 9.17) is 15.6 Å². The van der Waals surface area contributed by atoms with Crippen LogP contribution in [0, 0.1) is 0 Å². The number of carbonyl (C=O) groups excluding carboxylic acids is 2. The van der Waals surface area contributed by atoms with E-state index in [-0.39, 0.29) is 11.9 Å². The summed E-state index contributed by atoms with van der Waals surface area (Å²) in [4.78, 5) is 35.9. The van der Waals surface area contributed by atoms with Crippen LogP contribution >= 0.6 is 0 Å². The van der Waals surface area contributed by atoms with Gasteiger partial charge in [-0.1, -0.05) is 13.5 Å². The molecule has 1 aliphatic heterocycles. The Kier molecular flexibility index (Phi) is 6.85. The van der Waals surface area contributed by atoms with Crippen LogP contribution in [-0.2, 0) is 11.2 Å². The maximum absolute atomic E-state index is 12.2. The minimum atomic E-state index is -0.445. The average molecular weight is 479 g/mol. The van der Waals surface area contributed by atoms with Crippen molar-refractivity contribution in [3.63, 3.8) is 0 Å². The Labute approximate surface area is 203 Å². The summed E-state index contributed by atoms with van der Waals surface area (Å²) in [5.74, 6) is 1.20. The molecule has 0 saturated carbocycles. The van der Waals surface area contributed by atoms with Gasteiger partial charge in [-0.25, -0.2) is 19.4 Å². The Balaban J connectivity index is 1.68. The van der Waals surface area contributed by atoms with Crippen LogP contribution in [0.25, 0.3) is 11.0 Å². The number of rotatable bonds is 6. The van der Waals surface area contributed by atoms with Gasteiger partial charge in [0.05, 0.1) is 6.04 Å². The summed E-state index contributed by atoms with van der Waals surface area (Å²) in [5, 5.41) is 8.82. The molecule has 35 heavy (non-hydrogen) atoms. The normalized spacial score (nSPS) is 15.6. The van der Waals surface area contributed by atoms with Crippen molar-refractivity contribution >= 4 is 40.4 Å². The maximum atomic E-state index is 12.2. The second kappa shape index (κ2) is 10.00. The maximum Gasteiger partial charge on any atom is 0.414 e. The van der Waals surface area contributed by atoms with Crippen LogP contribution in [0.4, 0.5) is 22.1 Å². The monoisotopic (exact) mass is 478 g/mol. The minimum Gasteiger partial charge on any atom is -0.410 e. The van der Waals surface area contributed by atoms with Crippen molar-refractivity contribution < 1.29 is 14.3 Å². The number of aryl methyl sites for hydroxylation is 1. The van der Waals surface area contributed by atoms with Gasteiger partial charge in [-0.05, 0) is 49.1 Å². The number of nitrogens with one attached hydrogen (secondary N) is 1. The number of benzene rings is 1. The van der Waals surface area contributed by atoms with Crippen LogP contribution in [0.1, 0.15) is 31.4 Å². The number of likely N-dealkylation sites (tertiary alicyclic amines) is 1. The minimum absolute atomic E-state index is 0.0570. The predicted octanol–water partition coefficient (Wildman–Crippen LogP) is 3.12. The van der Waals surface area contributed by atoms with E-state index in [1.54, 1.807) is 25.1 Å². The van der Waals surface area contributed by atoms with Crippen molar-refractivity contribution in [2.24, 2.45) is 0 Å². The molecule has 4 rings (SSSR count). The average Bonchev–Trinajstić information content (AvgIpc) is 3.24. The Bertz CT molecular complexity index is 1270. The summed E-state index contributed by atoms with van der Waals surface area (Å²) in [5.41, 5.74) is 8.59. The first-order chi connectivity index (χ1) is 16.8. The van der Waals surface area contributed by atoms with Crippen LogP contribution in [0.2, 0.25) is 0 Å². The highest BCUT2D eigenvalue weighted by Gasteiger charge is 2.28. The van der Waals surface area contributed by atoms with E-state index in [1.165, 1.54) is 17.3 Å². The van der Waals surface area contributed by atoms with Gasteiger partial charge in [-0.2, -0.15) is 5.10 Å². The Morgan fingerprint density at radius 3 is 2.86 bits per heavy atom. The molecule has 3 aromatic rings. The molecule has 0 spiro atoms. The van der Waals surface area contributed by atoms with Gasteiger partial charge in [0, 0.05) is 32.9 Å². The lowest BCUT2D eigenvalue weighted by Gasteiger charge is -2.32. The van der Waals surface area contributed by atoms with E-state index in [9.17, 15) is 9.59 Å². The summed E-state index contributed by atoms with van der Waals surface area (Å²) >= 11 is 0. The Morgan fingerprint density at radius 2 is 2.14 bits per heavy atom. The summed E-state index contributed by atoms with van der Waals surface area (Å²) < 4.78 is 7.23. The number of hydrogen-bond acceptors (Lipinski definition) is 8. The van der Waals surface area contributed by atoms with Crippen molar-refractivity contribution in [3.8, 4) is 5.75 Å². The second-order valence-corrected chi connectivity index (χ2v) is 8.60. The Hall–Kier alpha value is -4.15. The van der Waals surface area contributed by atoms with E-state index in [0.29, 0.717) is 47.9 Å². The summed E-state index contributed by atoms with van der Waals surface area (Å²) in [6.07, 6.45) is 4.71. The number of fused-ring (bicyclic) bond motifs is 1. The fraction of sp³-hybridized carbons (Fsp3) is 0.375. The molecule has 0 radical (unpaired) electrons. The number of nitrogen functional groups attached to an aromatic ring is 1. The third-order valence-electron chi connectivity index (χ3n) is 6.03. The molecule has 1 saturated heterocycles. The van der Waals surface area contributed by atoms with E-state index >= 15 is 0 Å². The molecule has 2 amide bonds. The molecule has 1 aliphatic rings. The Morgan fingerprint density at radius 1 is 1.34 bits per heavy atom. The highest BCUT2D eigenvalue weighted by Crippen LogP contribution is 2.34. The van der Waals surface area contributed by atoms with E-state index in [2.05, 4.69) is 21.9 Å². The van der Waals surface area contributed by atoms with Gasteiger partial charge in [0.25, 0.3) is 0 Å². The zero-order valence-electron chi connectivity index (χ0n) is 20.2. The van der Waals surface area contributed by atoms with Crippen molar-refractivity contribution in [2.45, 2.75) is 32.2 Å². The van der Waals surface area contributed by atoms with E-state index in [1.807, 2.05) is 23.7 Å². The molecular formula is C24H30N8O3. The highest BCUT2D eigenvalue weighted by molar-refractivity contribution is 5.97. The molecule has 1 atom stereocenters. The van der Waals surface area contributed by atoms with Crippen LogP contribution in [0.3, 0.4) is 0 Å². The largest absolute Gasteiger partial charge is 0.414 e. The van der Waals surface area contributed by atoms with Gasteiger partial charge >= 0.3 is 6.09 Å². The number of carbonyl (C=O) groups is 2. The summed E-state index contributed by atoms with van der Waals surface area (Å²) in [6, 6.07) is 5.33. The molecule has 1 fully saturated rings. The van der Waals surface area contributed by atoms with Crippen LogP contribution in [0.5, 0.6) is 5.75 Å². The van der Waals surface area contributed by atoms with Gasteiger partial charge in [0.2, 0.25) is 5.91 Å². The smallest absolute Gasteiger partial charge is 0.410 e. The van der Waals surface area contributed by atoms with Crippen LogP contribution in [0.15, 0.2) is 37.2 Å². The van der Waals surface area contributed by atoms with Gasteiger partial charge in [0.15, 0.2) is 11.5 Å². The molecule has 0 bridgehead atoms.